The smallest absolute Gasteiger partial charge is 0.164 e. The molecule has 0 amide bonds. The maximum absolute atomic E-state index is 14.0. The Morgan fingerprint density at radius 3 is 1.28 bits per heavy atom. The minimum atomic E-state index is -0.352. The molecular formula is C51H31F2N5. The minimum absolute atomic E-state index is 0.352. The first-order valence-electron chi connectivity index (χ1n) is 19.1. The molecule has 0 saturated carbocycles. The Balaban J connectivity index is 1.09. The minimum Gasteiger partial charge on any atom is -0.309 e. The van der Waals surface area contributed by atoms with Crippen molar-refractivity contribution in [3.8, 4) is 56.7 Å². The molecule has 0 aliphatic heterocycles. The van der Waals surface area contributed by atoms with Gasteiger partial charge in [0, 0.05) is 49.6 Å². The summed E-state index contributed by atoms with van der Waals surface area (Å²) in [6, 6.07) is 61.3. The topological polar surface area (TPSA) is 48.5 Å². The number of fused-ring (bicyclic) bond motifs is 6. The molecule has 8 aromatic carbocycles. The van der Waals surface area contributed by atoms with Crippen LogP contribution in [0.2, 0.25) is 0 Å². The summed E-state index contributed by atoms with van der Waals surface area (Å²) in [7, 11) is 0. The van der Waals surface area contributed by atoms with E-state index < -0.39 is 0 Å². The maximum atomic E-state index is 14.0. The second-order valence-electron chi connectivity index (χ2n) is 14.4. The zero-order valence-electron chi connectivity index (χ0n) is 30.9. The molecule has 3 aromatic heterocycles. The summed E-state index contributed by atoms with van der Waals surface area (Å²) in [5.74, 6) is 0.526. The quantitative estimate of drug-likeness (QED) is 0.170. The zero-order valence-corrected chi connectivity index (χ0v) is 30.9. The lowest BCUT2D eigenvalue weighted by Crippen LogP contribution is -2.00. The van der Waals surface area contributed by atoms with Crippen molar-refractivity contribution in [1.82, 2.24) is 24.1 Å². The van der Waals surface area contributed by atoms with E-state index in [1.54, 1.807) is 24.3 Å². The molecule has 7 heteroatoms. The van der Waals surface area contributed by atoms with E-state index in [2.05, 4.69) is 118 Å². The van der Waals surface area contributed by atoms with Crippen LogP contribution in [-0.2, 0) is 0 Å². The molecule has 0 unspecified atom stereocenters. The Hall–Kier alpha value is -7.77. The van der Waals surface area contributed by atoms with Crippen molar-refractivity contribution in [1.29, 1.82) is 0 Å². The number of benzene rings is 8. The number of nitrogens with zero attached hydrogens (tertiary/aromatic N) is 5. The van der Waals surface area contributed by atoms with Gasteiger partial charge in [-0.1, -0.05) is 84.9 Å². The molecule has 0 aliphatic rings. The van der Waals surface area contributed by atoms with E-state index in [0.717, 1.165) is 55.4 Å². The average Bonchev–Trinajstić information content (AvgIpc) is 3.79. The van der Waals surface area contributed by atoms with Gasteiger partial charge in [0.25, 0.3) is 0 Å². The van der Waals surface area contributed by atoms with Crippen molar-refractivity contribution < 1.29 is 8.78 Å². The van der Waals surface area contributed by atoms with Crippen molar-refractivity contribution in [3.05, 3.63) is 200 Å². The summed E-state index contributed by atoms with van der Waals surface area (Å²) in [5.41, 5.74) is 10.8. The van der Waals surface area contributed by atoms with Crippen molar-refractivity contribution >= 4 is 43.6 Å². The summed E-state index contributed by atoms with van der Waals surface area (Å²) in [5, 5.41) is 4.61. The van der Waals surface area contributed by atoms with Gasteiger partial charge in [-0.2, -0.15) is 0 Å². The third-order valence-electron chi connectivity index (χ3n) is 10.9. The van der Waals surface area contributed by atoms with Gasteiger partial charge in [-0.25, -0.2) is 23.7 Å². The zero-order chi connectivity index (χ0) is 38.7. The van der Waals surface area contributed by atoms with Gasteiger partial charge in [0.05, 0.1) is 22.1 Å². The Bertz CT molecular complexity index is 3270. The standard InChI is InChI=1S/C51H31F2N5/c52-37-22-15-32(16-23-37)49-54-50(33-17-24-38(53)25-18-33)56-51(55-49)36-20-27-43-42-26-19-35(30-47(42)58(48(43)31-36)40-11-5-2-6-12-40)34-21-28-46-44(29-34)41-13-7-8-14-45(41)57(46)39-9-3-1-4-10-39/h1-31H. The summed E-state index contributed by atoms with van der Waals surface area (Å²) < 4.78 is 32.5. The van der Waals surface area contributed by atoms with Crippen LogP contribution < -0.4 is 0 Å². The third kappa shape index (κ3) is 5.63. The van der Waals surface area contributed by atoms with Gasteiger partial charge in [-0.3, -0.25) is 0 Å². The predicted molar refractivity (Wildman–Crippen MR) is 230 cm³/mol. The van der Waals surface area contributed by atoms with E-state index in [1.807, 2.05) is 30.3 Å². The molecule has 0 spiro atoms. The van der Waals surface area contributed by atoms with Crippen molar-refractivity contribution in [2.24, 2.45) is 0 Å². The van der Waals surface area contributed by atoms with Gasteiger partial charge in [0.15, 0.2) is 17.5 Å². The molecule has 0 atom stereocenters. The second kappa shape index (κ2) is 13.5. The fourth-order valence-electron chi connectivity index (χ4n) is 8.16. The highest BCUT2D eigenvalue weighted by atomic mass is 19.1. The highest BCUT2D eigenvalue weighted by Gasteiger charge is 2.19. The van der Waals surface area contributed by atoms with E-state index in [9.17, 15) is 8.78 Å². The van der Waals surface area contributed by atoms with Crippen molar-refractivity contribution in [3.63, 3.8) is 0 Å². The van der Waals surface area contributed by atoms with E-state index in [4.69, 9.17) is 15.0 Å². The third-order valence-corrected chi connectivity index (χ3v) is 10.9. The average molecular weight is 752 g/mol. The van der Waals surface area contributed by atoms with Gasteiger partial charge < -0.3 is 9.13 Å². The Morgan fingerprint density at radius 2 is 0.690 bits per heavy atom. The van der Waals surface area contributed by atoms with Gasteiger partial charge in [0.1, 0.15) is 11.6 Å². The monoisotopic (exact) mass is 751 g/mol. The first-order chi connectivity index (χ1) is 28.6. The van der Waals surface area contributed by atoms with Crippen LogP contribution in [-0.4, -0.2) is 24.1 Å². The maximum Gasteiger partial charge on any atom is 0.164 e. The second-order valence-corrected chi connectivity index (χ2v) is 14.4. The fourth-order valence-corrected chi connectivity index (χ4v) is 8.16. The number of hydrogen-bond acceptors (Lipinski definition) is 3. The van der Waals surface area contributed by atoms with E-state index >= 15 is 0 Å². The van der Waals surface area contributed by atoms with Gasteiger partial charge in [-0.15, -0.1) is 0 Å². The van der Waals surface area contributed by atoms with Crippen molar-refractivity contribution in [2.45, 2.75) is 0 Å². The molecule has 0 saturated heterocycles. The van der Waals surface area contributed by atoms with E-state index in [0.29, 0.717) is 28.6 Å². The Morgan fingerprint density at radius 1 is 0.293 bits per heavy atom. The molecule has 3 heterocycles. The van der Waals surface area contributed by atoms with Crippen LogP contribution in [0.3, 0.4) is 0 Å². The normalized spacial score (nSPS) is 11.6. The number of para-hydroxylation sites is 3. The number of hydrogen-bond donors (Lipinski definition) is 0. The fraction of sp³-hybridized carbons (Fsp3) is 0. The lowest BCUT2D eigenvalue weighted by Gasteiger charge is -2.11. The molecule has 11 aromatic rings. The molecule has 11 rings (SSSR count). The first kappa shape index (κ1) is 33.6. The molecule has 0 bridgehead atoms. The number of aromatic nitrogens is 5. The summed E-state index contributed by atoms with van der Waals surface area (Å²) in [6.45, 7) is 0. The van der Waals surface area contributed by atoms with E-state index in [-0.39, 0.29) is 11.6 Å². The first-order valence-corrected chi connectivity index (χ1v) is 19.1. The lowest BCUT2D eigenvalue weighted by molar-refractivity contribution is 0.627. The molecule has 5 nitrogen and oxygen atoms in total. The van der Waals surface area contributed by atoms with Crippen molar-refractivity contribution in [2.75, 3.05) is 0 Å². The molecule has 0 fully saturated rings. The molecule has 274 valence electrons. The summed E-state index contributed by atoms with van der Waals surface area (Å²) >= 11 is 0. The van der Waals surface area contributed by atoms with Crippen LogP contribution in [0.15, 0.2) is 188 Å². The largest absolute Gasteiger partial charge is 0.309 e. The predicted octanol–water partition coefficient (Wildman–Crippen LogP) is 13.0. The number of halogens is 2. The summed E-state index contributed by atoms with van der Waals surface area (Å²) in [6.07, 6.45) is 0. The molecule has 0 N–H and O–H groups in total. The molecule has 0 aliphatic carbocycles. The van der Waals surface area contributed by atoms with Gasteiger partial charge in [-0.05, 0) is 114 Å². The highest BCUT2D eigenvalue weighted by molar-refractivity contribution is 6.13. The van der Waals surface area contributed by atoms with Crippen LogP contribution in [0.5, 0.6) is 0 Å². The van der Waals surface area contributed by atoms with Crippen LogP contribution in [0, 0.1) is 11.6 Å². The Labute approximate surface area is 331 Å². The molecule has 58 heavy (non-hydrogen) atoms. The lowest BCUT2D eigenvalue weighted by atomic mass is 10.0. The Kier molecular flexibility index (Phi) is 7.79. The number of rotatable bonds is 6. The van der Waals surface area contributed by atoms with Crippen LogP contribution >= 0.6 is 0 Å². The summed E-state index contributed by atoms with van der Waals surface area (Å²) in [4.78, 5) is 14.5. The SMILES string of the molecule is Fc1ccc(-c2nc(-c3ccc(F)cc3)nc(-c3ccc4c5ccc(-c6ccc7c(c6)c6ccccc6n7-c6ccccc6)cc5n(-c5ccccc5)c4c3)n2)cc1. The van der Waals surface area contributed by atoms with Crippen LogP contribution in [0.25, 0.3) is 100 Å². The van der Waals surface area contributed by atoms with E-state index in [1.165, 1.54) is 40.6 Å². The van der Waals surface area contributed by atoms with Crippen LogP contribution in [0.4, 0.5) is 8.78 Å². The van der Waals surface area contributed by atoms with Gasteiger partial charge in [0.2, 0.25) is 0 Å². The molecular weight excluding hydrogens is 721 g/mol. The highest BCUT2D eigenvalue weighted by Crippen LogP contribution is 2.39. The molecule has 0 radical (unpaired) electrons. The van der Waals surface area contributed by atoms with Gasteiger partial charge >= 0.3 is 0 Å². The van der Waals surface area contributed by atoms with Crippen LogP contribution in [0.1, 0.15) is 0 Å².